The third-order valence-corrected chi connectivity index (χ3v) is 5.29. The molecule has 2 heterocycles. The lowest BCUT2D eigenvalue weighted by molar-refractivity contribution is 0.199. The number of anilines is 1. The Labute approximate surface area is 137 Å². The number of piperazine rings is 1. The number of hydrogen-bond donors (Lipinski definition) is 1. The summed E-state index contributed by atoms with van der Waals surface area (Å²) < 4.78 is 0. The first-order chi connectivity index (χ1) is 10.2. The Kier molecular flexibility index (Phi) is 5.28. The number of nitrogens with one attached hydrogen (secondary N) is 1. The third kappa shape index (κ3) is 4.04. The molecule has 3 rings (SSSR count). The molecule has 2 aliphatic heterocycles. The summed E-state index contributed by atoms with van der Waals surface area (Å²) in [5.74, 6) is 0.829. The van der Waals surface area contributed by atoms with Crippen LogP contribution in [0.4, 0.5) is 5.69 Å². The summed E-state index contributed by atoms with van der Waals surface area (Å²) >= 11 is 12.1. The van der Waals surface area contributed by atoms with Crippen molar-refractivity contribution in [2.75, 3.05) is 50.7 Å². The van der Waals surface area contributed by atoms with Crippen molar-refractivity contribution in [1.29, 1.82) is 0 Å². The summed E-state index contributed by atoms with van der Waals surface area (Å²) in [6.07, 6.45) is 2.70. The molecule has 0 bridgehead atoms. The van der Waals surface area contributed by atoms with Gasteiger partial charge in [0.25, 0.3) is 0 Å². The van der Waals surface area contributed by atoms with Crippen molar-refractivity contribution >= 4 is 28.9 Å². The van der Waals surface area contributed by atoms with E-state index in [2.05, 4.69) is 21.2 Å². The molecule has 2 saturated heterocycles. The van der Waals surface area contributed by atoms with Crippen molar-refractivity contribution < 1.29 is 0 Å². The highest BCUT2D eigenvalue weighted by Gasteiger charge is 2.21. The molecule has 1 aromatic carbocycles. The van der Waals surface area contributed by atoms with E-state index >= 15 is 0 Å². The SMILES string of the molecule is Clc1ccc(N2CCN(C[C@@H]3CCCNC3)CC2)cc1Cl. The Balaban J connectivity index is 1.51. The van der Waals surface area contributed by atoms with Crippen LogP contribution in [0, 0.1) is 5.92 Å². The van der Waals surface area contributed by atoms with E-state index in [4.69, 9.17) is 23.2 Å². The van der Waals surface area contributed by atoms with E-state index in [0.29, 0.717) is 10.0 Å². The maximum atomic E-state index is 6.11. The average Bonchev–Trinajstić information content (AvgIpc) is 2.52. The maximum absolute atomic E-state index is 6.11. The fraction of sp³-hybridized carbons (Fsp3) is 0.625. The minimum absolute atomic E-state index is 0.629. The molecule has 0 saturated carbocycles. The molecular formula is C16H23Cl2N3. The molecule has 0 spiro atoms. The second-order valence-electron chi connectivity index (χ2n) is 6.10. The first kappa shape index (κ1) is 15.4. The molecule has 0 unspecified atom stereocenters. The first-order valence-electron chi connectivity index (χ1n) is 7.85. The molecule has 21 heavy (non-hydrogen) atoms. The van der Waals surface area contributed by atoms with Gasteiger partial charge in [-0.3, -0.25) is 4.90 Å². The van der Waals surface area contributed by atoms with E-state index < -0.39 is 0 Å². The predicted molar refractivity (Wildman–Crippen MR) is 90.7 cm³/mol. The minimum atomic E-state index is 0.629. The topological polar surface area (TPSA) is 18.5 Å². The van der Waals surface area contributed by atoms with E-state index in [1.165, 1.54) is 38.2 Å². The van der Waals surface area contributed by atoms with Crippen LogP contribution >= 0.6 is 23.2 Å². The molecular weight excluding hydrogens is 305 g/mol. The second kappa shape index (κ2) is 7.19. The lowest BCUT2D eigenvalue weighted by atomic mass is 9.99. The van der Waals surface area contributed by atoms with Crippen LogP contribution in [0.15, 0.2) is 18.2 Å². The van der Waals surface area contributed by atoms with Gasteiger partial charge in [0.2, 0.25) is 0 Å². The van der Waals surface area contributed by atoms with Gasteiger partial charge in [-0.25, -0.2) is 0 Å². The zero-order chi connectivity index (χ0) is 14.7. The molecule has 116 valence electrons. The zero-order valence-corrected chi connectivity index (χ0v) is 13.8. The highest BCUT2D eigenvalue weighted by Crippen LogP contribution is 2.27. The summed E-state index contributed by atoms with van der Waals surface area (Å²) in [4.78, 5) is 5.00. The predicted octanol–water partition coefficient (Wildman–Crippen LogP) is 3.12. The molecule has 2 fully saturated rings. The Morgan fingerprint density at radius 1 is 1.10 bits per heavy atom. The molecule has 2 aliphatic rings. The standard InChI is InChI=1S/C16H23Cl2N3/c17-15-4-3-14(10-16(15)18)21-8-6-20(7-9-21)12-13-2-1-5-19-11-13/h3-4,10,13,19H,1-2,5-9,11-12H2/t13-/m1/s1. The summed E-state index contributed by atoms with van der Waals surface area (Å²) in [6.45, 7) is 8.03. The van der Waals surface area contributed by atoms with Gasteiger partial charge < -0.3 is 10.2 Å². The summed E-state index contributed by atoms with van der Waals surface area (Å²) in [6, 6.07) is 5.93. The molecule has 0 aromatic heterocycles. The summed E-state index contributed by atoms with van der Waals surface area (Å²) in [7, 11) is 0. The van der Waals surface area contributed by atoms with Gasteiger partial charge in [-0.1, -0.05) is 23.2 Å². The fourth-order valence-electron chi connectivity index (χ4n) is 3.32. The smallest absolute Gasteiger partial charge is 0.0612 e. The molecule has 3 nitrogen and oxygen atoms in total. The maximum Gasteiger partial charge on any atom is 0.0612 e. The quantitative estimate of drug-likeness (QED) is 0.920. The molecule has 1 atom stereocenters. The van der Waals surface area contributed by atoms with Crippen molar-refractivity contribution in [2.24, 2.45) is 5.92 Å². The van der Waals surface area contributed by atoms with Crippen LogP contribution in [-0.2, 0) is 0 Å². The number of benzene rings is 1. The van der Waals surface area contributed by atoms with E-state index in [0.717, 1.165) is 32.1 Å². The van der Waals surface area contributed by atoms with Crippen LogP contribution < -0.4 is 10.2 Å². The minimum Gasteiger partial charge on any atom is -0.369 e. The Morgan fingerprint density at radius 2 is 1.90 bits per heavy atom. The van der Waals surface area contributed by atoms with Crippen molar-refractivity contribution in [3.63, 3.8) is 0 Å². The van der Waals surface area contributed by atoms with Crippen molar-refractivity contribution in [3.05, 3.63) is 28.2 Å². The Morgan fingerprint density at radius 3 is 2.57 bits per heavy atom. The van der Waals surface area contributed by atoms with E-state index in [1.54, 1.807) is 0 Å². The van der Waals surface area contributed by atoms with Crippen LogP contribution in [0.3, 0.4) is 0 Å². The van der Waals surface area contributed by atoms with Crippen LogP contribution in [0.1, 0.15) is 12.8 Å². The largest absolute Gasteiger partial charge is 0.369 e. The van der Waals surface area contributed by atoms with E-state index in [-0.39, 0.29) is 0 Å². The van der Waals surface area contributed by atoms with Gasteiger partial charge in [-0.05, 0) is 50.0 Å². The highest BCUT2D eigenvalue weighted by molar-refractivity contribution is 6.42. The number of halogens is 2. The summed E-state index contributed by atoms with van der Waals surface area (Å²) in [5, 5.41) is 4.78. The van der Waals surface area contributed by atoms with Crippen LogP contribution in [0.5, 0.6) is 0 Å². The van der Waals surface area contributed by atoms with E-state index in [9.17, 15) is 0 Å². The molecule has 0 amide bonds. The van der Waals surface area contributed by atoms with Crippen LogP contribution in [-0.4, -0.2) is 50.7 Å². The number of hydrogen-bond acceptors (Lipinski definition) is 3. The van der Waals surface area contributed by atoms with Gasteiger partial charge in [0.1, 0.15) is 0 Å². The number of nitrogens with zero attached hydrogens (tertiary/aromatic N) is 2. The van der Waals surface area contributed by atoms with Crippen LogP contribution in [0.2, 0.25) is 10.0 Å². The lowest BCUT2D eigenvalue weighted by Crippen LogP contribution is -2.49. The van der Waals surface area contributed by atoms with Gasteiger partial charge in [0, 0.05) is 38.4 Å². The lowest BCUT2D eigenvalue weighted by Gasteiger charge is -2.38. The molecule has 1 aromatic rings. The third-order valence-electron chi connectivity index (χ3n) is 4.56. The monoisotopic (exact) mass is 327 g/mol. The van der Waals surface area contributed by atoms with Crippen molar-refractivity contribution in [1.82, 2.24) is 10.2 Å². The van der Waals surface area contributed by atoms with Gasteiger partial charge in [0.05, 0.1) is 10.0 Å². The normalized spacial score (nSPS) is 24.3. The van der Waals surface area contributed by atoms with E-state index in [1.807, 2.05) is 12.1 Å². The second-order valence-corrected chi connectivity index (χ2v) is 6.91. The van der Waals surface area contributed by atoms with Gasteiger partial charge in [0.15, 0.2) is 0 Å². The first-order valence-corrected chi connectivity index (χ1v) is 8.61. The fourth-order valence-corrected chi connectivity index (χ4v) is 3.61. The number of rotatable bonds is 3. The van der Waals surface area contributed by atoms with Gasteiger partial charge >= 0.3 is 0 Å². The zero-order valence-electron chi connectivity index (χ0n) is 12.3. The van der Waals surface area contributed by atoms with Gasteiger partial charge in [-0.15, -0.1) is 0 Å². The van der Waals surface area contributed by atoms with Crippen LogP contribution in [0.25, 0.3) is 0 Å². The van der Waals surface area contributed by atoms with Gasteiger partial charge in [-0.2, -0.15) is 0 Å². The van der Waals surface area contributed by atoms with Crippen molar-refractivity contribution in [3.8, 4) is 0 Å². The molecule has 1 N–H and O–H groups in total. The molecule has 0 aliphatic carbocycles. The average molecular weight is 328 g/mol. The molecule has 5 heteroatoms. The number of piperidine rings is 1. The highest BCUT2D eigenvalue weighted by atomic mass is 35.5. The Bertz CT molecular complexity index is 467. The molecule has 0 radical (unpaired) electrons. The Hall–Kier alpha value is -0.480. The van der Waals surface area contributed by atoms with Crippen molar-refractivity contribution in [2.45, 2.75) is 12.8 Å². The summed E-state index contributed by atoms with van der Waals surface area (Å²) in [5.41, 5.74) is 1.18.